The van der Waals surface area contributed by atoms with E-state index in [1.54, 1.807) is 0 Å². The molecule has 0 saturated carbocycles. The van der Waals surface area contributed by atoms with Crippen molar-refractivity contribution in [2.45, 2.75) is 25.8 Å². The van der Waals surface area contributed by atoms with Gasteiger partial charge in [-0.15, -0.1) is 12.4 Å². The maximum absolute atomic E-state index is 13.5. The standard InChI is InChI=1S/C15H21F2N3O.ClH/c1-10(18)11-3-2-6-20(8-11)9-15(21)19-14-5-4-12(16)7-13(14)17;/h4-5,7,10-11H,2-3,6,8-9,18H2,1H3,(H,19,21);1H. The van der Waals surface area contributed by atoms with Gasteiger partial charge in [0.25, 0.3) is 0 Å². The average molecular weight is 334 g/mol. The van der Waals surface area contributed by atoms with Gasteiger partial charge in [-0.3, -0.25) is 9.69 Å². The van der Waals surface area contributed by atoms with Crippen LogP contribution in [0.3, 0.4) is 0 Å². The number of carbonyl (C=O) groups is 1. The van der Waals surface area contributed by atoms with E-state index in [0.717, 1.165) is 38.1 Å². The van der Waals surface area contributed by atoms with Crippen LogP contribution >= 0.6 is 12.4 Å². The minimum atomic E-state index is -0.768. The number of carbonyl (C=O) groups excluding carboxylic acids is 1. The number of nitrogens with zero attached hydrogens (tertiary/aromatic N) is 1. The zero-order valence-electron chi connectivity index (χ0n) is 12.5. The highest BCUT2D eigenvalue weighted by molar-refractivity contribution is 5.92. The Morgan fingerprint density at radius 1 is 1.50 bits per heavy atom. The van der Waals surface area contributed by atoms with Crippen molar-refractivity contribution in [1.82, 2.24) is 4.90 Å². The molecule has 0 radical (unpaired) electrons. The number of amides is 1. The van der Waals surface area contributed by atoms with Crippen LogP contribution in [0.4, 0.5) is 14.5 Å². The topological polar surface area (TPSA) is 58.4 Å². The third-order valence-electron chi connectivity index (χ3n) is 3.86. The maximum Gasteiger partial charge on any atom is 0.238 e. The summed E-state index contributed by atoms with van der Waals surface area (Å²) in [5, 5.41) is 2.48. The molecule has 2 rings (SSSR count). The minimum Gasteiger partial charge on any atom is -0.328 e. The fourth-order valence-corrected chi connectivity index (χ4v) is 2.65. The third-order valence-corrected chi connectivity index (χ3v) is 3.86. The molecule has 2 atom stereocenters. The smallest absolute Gasteiger partial charge is 0.238 e. The van der Waals surface area contributed by atoms with E-state index >= 15 is 0 Å². The predicted octanol–water partition coefficient (Wildman–Crippen LogP) is 2.38. The molecule has 1 heterocycles. The zero-order chi connectivity index (χ0) is 15.4. The molecule has 1 fully saturated rings. The summed E-state index contributed by atoms with van der Waals surface area (Å²) in [5.41, 5.74) is 5.91. The van der Waals surface area contributed by atoms with E-state index in [9.17, 15) is 13.6 Å². The lowest BCUT2D eigenvalue weighted by atomic mass is 9.92. The van der Waals surface area contributed by atoms with Gasteiger partial charge in [0.2, 0.25) is 5.91 Å². The van der Waals surface area contributed by atoms with Crippen molar-refractivity contribution in [2.24, 2.45) is 11.7 Å². The summed E-state index contributed by atoms with van der Waals surface area (Å²) in [5.74, 6) is -1.35. The first-order chi connectivity index (χ1) is 9.95. The highest BCUT2D eigenvalue weighted by Gasteiger charge is 2.24. The van der Waals surface area contributed by atoms with Crippen molar-refractivity contribution in [2.75, 3.05) is 25.0 Å². The van der Waals surface area contributed by atoms with Crippen molar-refractivity contribution in [3.05, 3.63) is 29.8 Å². The van der Waals surface area contributed by atoms with Gasteiger partial charge in [0.05, 0.1) is 12.2 Å². The zero-order valence-corrected chi connectivity index (χ0v) is 13.3. The molecule has 0 aliphatic carbocycles. The molecule has 3 N–H and O–H groups in total. The van der Waals surface area contributed by atoms with Gasteiger partial charge in [0.15, 0.2) is 0 Å². The number of rotatable bonds is 4. The molecule has 0 aromatic heterocycles. The molecule has 1 saturated heterocycles. The van der Waals surface area contributed by atoms with Crippen LogP contribution in [0.25, 0.3) is 0 Å². The van der Waals surface area contributed by atoms with Gasteiger partial charge in [-0.05, 0) is 44.4 Å². The van der Waals surface area contributed by atoms with Crippen molar-refractivity contribution in [3.63, 3.8) is 0 Å². The summed E-state index contributed by atoms with van der Waals surface area (Å²) < 4.78 is 26.3. The van der Waals surface area contributed by atoms with Gasteiger partial charge in [-0.25, -0.2) is 8.78 Å². The SMILES string of the molecule is CC(N)C1CCCN(CC(=O)Nc2ccc(F)cc2F)C1.Cl. The molecule has 2 unspecified atom stereocenters. The molecule has 0 spiro atoms. The predicted molar refractivity (Wildman–Crippen MR) is 85.0 cm³/mol. The molecule has 1 aromatic rings. The van der Waals surface area contributed by atoms with E-state index in [-0.39, 0.29) is 36.6 Å². The molecule has 1 aliphatic rings. The quantitative estimate of drug-likeness (QED) is 0.889. The first kappa shape index (κ1) is 18.8. The second kappa shape index (κ2) is 8.41. The van der Waals surface area contributed by atoms with Gasteiger partial charge in [-0.1, -0.05) is 0 Å². The van der Waals surface area contributed by atoms with E-state index in [0.29, 0.717) is 5.92 Å². The van der Waals surface area contributed by atoms with Gasteiger partial charge in [0.1, 0.15) is 11.6 Å². The Hall–Kier alpha value is -1.24. The van der Waals surface area contributed by atoms with E-state index < -0.39 is 11.6 Å². The number of anilines is 1. The Bertz CT molecular complexity index is 514. The Morgan fingerprint density at radius 3 is 2.86 bits per heavy atom. The fraction of sp³-hybridized carbons (Fsp3) is 0.533. The van der Waals surface area contributed by atoms with Crippen LogP contribution in [-0.4, -0.2) is 36.5 Å². The Kier molecular flexibility index (Phi) is 7.19. The van der Waals surface area contributed by atoms with Crippen LogP contribution in [0.1, 0.15) is 19.8 Å². The summed E-state index contributed by atoms with van der Waals surface area (Å²) in [4.78, 5) is 14.0. The number of benzene rings is 1. The molecule has 4 nitrogen and oxygen atoms in total. The number of halogens is 3. The molecule has 0 bridgehead atoms. The number of piperidine rings is 1. The normalized spacial score (nSPS) is 20.1. The van der Waals surface area contributed by atoms with Crippen LogP contribution in [0.2, 0.25) is 0 Å². The number of likely N-dealkylation sites (tertiary alicyclic amines) is 1. The molecule has 1 amide bonds. The highest BCUT2D eigenvalue weighted by Crippen LogP contribution is 2.19. The summed E-state index contributed by atoms with van der Waals surface area (Å²) >= 11 is 0. The van der Waals surface area contributed by atoms with Crippen molar-refractivity contribution in [3.8, 4) is 0 Å². The van der Waals surface area contributed by atoms with E-state index in [1.807, 2.05) is 11.8 Å². The molecular formula is C15H22ClF2N3O. The number of nitrogens with one attached hydrogen (secondary N) is 1. The fourth-order valence-electron chi connectivity index (χ4n) is 2.65. The third kappa shape index (κ3) is 5.19. The van der Waals surface area contributed by atoms with E-state index in [2.05, 4.69) is 5.32 Å². The van der Waals surface area contributed by atoms with Crippen LogP contribution < -0.4 is 11.1 Å². The molecule has 7 heteroatoms. The lowest BCUT2D eigenvalue weighted by Gasteiger charge is -2.34. The summed E-state index contributed by atoms with van der Waals surface area (Å²) in [6.07, 6.45) is 2.08. The highest BCUT2D eigenvalue weighted by atomic mass is 35.5. The number of hydrogen-bond acceptors (Lipinski definition) is 3. The monoisotopic (exact) mass is 333 g/mol. The van der Waals surface area contributed by atoms with Crippen LogP contribution in [0, 0.1) is 17.6 Å². The van der Waals surface area contributed by atoms with Crippen LogP contribution in [-0.2, 0) is 4.79 Å². The van der Waals surface area contributed by atoms with Gasteiger partial charge in [-0.2, -0.15) is 0 Å². The molecule has 124 valence electrons. The van der Waals surface area contributed by atoms with Crippen LogP contribution in [0.5, 0.6) is 0 Å². The van der Waals surface area contributed by atoms with E-state index in [4.69, 9.17) is 5.73 Å². The van der Waals surface area contributed by atoms with Gasteiger partial charge in [0, 0.05) is 18.7 Å². The lowest BCUT2D eigenvalue weighted by molar-refractivity contribution is -0.117. The Balaban J connectivity index is 0.00000242. The molecule has 22 heavy (non-hydrogen) atoms. The van der Waals surface area contributed by atoms with Gasteiger partial charge < -0.3 is 11.1 Å². The summed E-state index contributed by atoms with van der Waals surface area (Å²) in [7, 11) is 0. The Labute approximate surface area is 135 Å². The summed E-state index contributed by atoms with van der Waals surface area (Å²) in [6, 6.07) is 3.20. The maximum atomic E-state index is 13.5. The molecular weight excluding hydrogens is 312 g/mol. The first-order valence-electron chi connectivity index (χ1n) is 7.18. The minimum absolute atomic E-state index is 0. The van der Waals surface area contributed by atoms with E-state index in [1.165, 1.54) is 6.07 Å². The van der Waals surface area contributed by atoms with Crippen molar-refractivity contribution in [1.29, 1.82) is 0 Å². The number of hydrogen-bond donors (Lipinski definition) is 2. The average Bonchev–Trinajstić information content (AvgIpc) is 2.42. The number of nitrogens with two attached hydrogens (primary N) is 1. The molecule has 1 aliphatic heterocycles. The molecule has 1 aromatic carbocycles. The van der Waals surface area contributed by atoms with Crippen LogP contribution in [0.15, 0.2) is 18.2 Å². The second-order valence-corrected chi connectivity index (χ2v) is 5.67. The second-order valence-electron chi connectivity index (χ2n) is 5.67. The van der Waals surface area contributed by atoms with Crippen molar-refractivity contribution < 1.29 is 13.6 Å². The van der Waals surface area contributed by atoms with Crippen molar-refractivity contribution >= 4 is 24.0 Å². The van der Waals surface area contributed by atoms with Gasteiger partial charge >= 0.3 is 0 Å². The largest absolute Gasteiger partial charge is 0.328 e. The first-order valence-corrected chi connectivity index (χ1v) is 7.18. The summed E-state index contributed by atoms with van der Waals surface area (Å²) in [6.45, 7) is 3.78. The lowest BCUT2D eigenvalue weighted by Crippen LogP contribution is -2.45. The Morgan fingerprint density at radius 2 is 2.23 bits per heavy atom.